The van der Waals surface area contributed by atoms with Gasteiger partial charge in [-0.3, -0.25) is 13.9 Å². The summed E-state index contributed by atoms with van der Waals surface area (Å²) < 4.78 is 34.4. The SMILES string of the molecule is CCCNC(=O)C(C)N(Cc1cccc(C)c1)C(=O)CN(c1ccc(C)cc1)S(=O)(=O)c1ccc(OCC)cc1. The predicted molar refractivity (Wildman–Crippen MR) is 158 cm³/mol. The Morgan fingerprint density at radius 3 is 2.20 bits per heavy atom. The van der Waals surface area contributed by atoms with Crippen LogP contribution in [0.5, 0.6) is 5.75 Å². The Hall–Kier alpha value is -3.85. The third-order valence-corrected chi connectivity index (χ3v) is 8.26. The van der Waals surface area contributed by atoms with Crippen LogP contribution < -0.4 is 14.4 Å². The Morgan fingerprint density at radius 1 is 0.925 bits per heavy atom. The molecule has 0 saturated heterocycles. The van der Waals surface area contributed by atoms with Gasteiger partial charge in [0, 0.05) is 13.1 Å². The second kappa shape index (κ2) is 14.0. The molecule has 40 heavy (non-hydrogen) atoms. The van der Waals surface area contributed by atoms with Crippen molar-refractivity contribution < 1.29 is 22.7 Å². The molecule has 1 N–H and O–H groups in total. The fourth-order valence-corrected chi connectivity index (χ4v) is 5.64. The number of hydrogen-bond donors (Lipinski definition) is 1. The molecule has 8 nitrogen and oxygen atoms in total. The third kappa shape index (κ3) is 7.85. The largest absolute Gasteiger partial charge is 0.494 e. The van der Waals surface area contributed by atoms with Crippen molar-refractivity contribution in [2.24, 2.45) is 0 Å². The zero-order valence-corrected chi connectivity index (χ0v) is 24.7. The molecule has 0 aromatic heterocycles. The van der Waals surface area contributed by atoms with E-state index >= 15 is 0 Å². The van der Waals surface area contributed by atoms with Crippen LogP contribution in [-0.4, -0.2) is 50.9 Å². The maximum Gasteiger partial charge on any atom is 0.264 e. The molecule has 1 unspecified atom stereocenters. The van der Waals surface area contributed by atoms with Crippen LogP contribution in [0.2, 0.25) is 0 Å². The molecule has 0 aliphatic carbocycles. The number of anilines is 1. The molecule has 0 aliphatic rings. The number of rotatable bonds is 13. The number of sulfonamides is 1. The molecule has 0 radical (unpaired) electrons. The van der Waals surface area contributed by atoms with Gasteiger partial charge in [0.05, 0.1) is 17.2 Å². The Morgan fingerprint density at radius 2 is 1.60 bits per heavy atom. The first-order valence-corrected chi connectivity index (χ1v) is 15.0. The molecular weight excluding hydrogens is 526 g/mol. The van der Waals surface area contributed by atoms with E-state index in [0.717, 1.165) is 27.4 Å². The molecule has 3 aromatic rings. The van der Waals surface area contributed by atoms with Gasteiger partial charge in [-0.15, -0.1) is 0 Å². The molecule has 0 heterocycles. The smallest absolute Gasteiger partial charge is 0.264 e. The fourth-order valence-electron chi connectivity index (χ4n) is 4.23. The van der Waals surface area contributed by atoms with E-state index < -0.39 is 28.5 Å². The highest BCUT2D eigenvalue weighted by atomic mass is 32.2. The number of nitrogens with zero attached hydrogens (tertiary/aromatic N) is 2. The van der Waals surface area contributed by atoms with Gasteiger partial charge in [0.1, 0.15) is 18.3 Å². The minimum absolute atomic E-state index is 0.0308. The van der Waals surface area contributed by atoms with Gasteiger partial charge in [-0.1, -0.05) is 54.4 Å². The van der Waals surface area contributed by atoms with E-state index in [4.69, 9.17) is 4.74 Å². The lowest BCUT2D eigenvalue weighted by atomic mass is 10.1. The van der Waals surface area contributed by atoms with Gasteiger partial charge in [0.15, 0.2) is 0 Å². The van der Waals surface area contributed by atoms with E-state index in [1.54, 1.807) is 43.3 Å². The third-order valence-electron chi connectivity index (χ3n) is 6.48. The van der Waals surface area contributed by atoms with Gasteiger partial charge in [0.25, 0.3) is 10.0 Å². The Bertz CT molecular complexity index is 1390. The molecule has 1 atom stereocenters. The van der Waals surface area contributed by atoms with Crippen LogP contribution in [0.3, 0.4) is 0 Å². The van der Waals surface area contributed by atoms with E-state index in [0.29, 0.717) is 24.6 Å². The summed E-state index contributed by atoms with van der Waals surface area (Å²) in [5.41, 5.74) is 3.18. The van der Waals surface area contributed by atoms with Crippen molar-refractivity contribution in [3.63, 3.8) is 0 Å². The first-order chi connectivity index (χ1) is 19.1. The second-order valence-corrected chi connectivity index (χ2v) is 11.6. The Kier molecular flexibility index (Phi) is 10.7. The minimum atomic E-state index is -4.14. The van der Waals surface area contributed by atoms with Crippen molar-refractivity contribution in [1.82, 2.24) is 10.2 Å². The molecule has 3 aromatic carbocycles. The van der Waals surface area contributed by atoms with Crippen LogP contribution in [0.25, 0.3) is 0 Å². The molecule has 9 heteroatoms. The lowest BCUT2D eigenvalue weighted by molar-refractivity contribution is -0.139. The average molecular weight is 566 g/mol. The topological polar surface area (TPSA) is 96.0 Å². The second-order valence-electron chi connectivity index (χ2n) is 9.73. The van der Waals surface area contributed by atoms with Crippen LogP contribution in [0, 0.1) is 13.8 Å². The number of aryl methyl sites for hydroxylation is 2. The molecule has 0 bridgehead atoms. The summed E-state index contributed by atoms with van der Waals surface area (Å²) in [5.74, 6) is -0.231. The zero-order valence-electron chi connectivity index (χ0n) is 23.9. The van der Waals surface area contributed by atoms with E-state index in [-0.39, 0.29) is 17.3 Å². The minimum Gasteiger partial charge on any atom is -0.494 e. The first-order valence-electron chi connectivity index (χ1n) is 13.5. The van der Waals surface area contributed by atoms with Crippen molar-refractivity contribution in [2.45, 2.75) is 58.5 Å². The summed E-state index contributed by atoms with van der Waals surface area (Å²) in [7, 11) is -4.14. The fraction of sp³-hybridized carbons (Fsp3) is 0.355. The van der Waals surface area contributed by atoms with Crippen molar-refractivity contribution in [2.75, 3.05) is 24.0 Å². The lowest BCUT2D eigenvalue weighted by Crippen LogP contribution is -2.51. The number of nitrogens with one attached hydrogen (secondary N) is 1. The van der Waals surface area contributed by atoms with Gasteiger partial charge in [0.2, 0.25) is 11.8 Å². The van der Waals surface area contributed by atoms with Gasteiger partial charge >= 0.3 is 0 Å². The van der Waals surface area contributed by atoms with Crippen LogP contribution in [0.1, 0.15) is 43.9 Å². The number of benzene rings is 3. The molecule has 3 rings (SSSR count). The van der Waals surface area contributed by atoms with Crippen LogP contribution in [0.4, 0.5) is 5.69 Å². The Labute approximate surface area is 238 Å². The standard InChI is InChI=1S/C31H39N3O5S/c1-6-19-32-31(36)25(5)33(21-26-10-8-9-24(4)20-26)30(35)22-34(27-13-11-23(3)12-14-27)40(37,38)29-17-15-28(16-18-29)39-7-2/h8-18,20,25H,6-7,19,21-22H2,1-5H3,(H,32,36). The van der Waals surface area contributed by atoms with E-state index in [1.165, 1.54) is 17.0 Å². The van der Waals surface area contributed by atoms with Crippen molar-refractivity contribution >= 4 is 27.5 Å². The maximum absolute atomic E-state index is 13.9. The summed E-state index contributed by atoms with van der Waals surface area (Å²) in [4.78, 5) is 28.4. The van der Waals surface area contributed by atoms with E-state index in [1.807, 2.05) is 52.0 Å². The van der Waals surface area contributed by atoms with Gasteiger partial charge < -0.3 is 15.0 Å². The number of amides is 2. The predicted octanol–water partition coefficient (Wildman–Crippen LogP) is 4.84. The molecule has 0 spiro atoms. The number of hydrogen-bond acceptors (Lipinski definition) is 5. The van der Waals surface area contributed by atoms with Gasteiger partial charge in [-0.2, -0.15) is 0 Å². The summed E-state index contributed by atoms with van der Waals surface area (Å²) in [6.45, 7) is 9.94. The van der Waals surface area contributed by atoms with Crippen LogP contribution >= 0.6 is 0 Å². The van der Waals surface area contributed by atoms with Crippen molar-refractivity contribution in [3.05, 3.63) is 89.5 Å². The van der Waals surface area contributed by atoms with Crippen molar-refractivity contribution in [3.8, 4) is 5.75 Å². The van der Waals surface area contributed by atoms with Gasteiger partial charge in [-0.25, -0.2) is 8.42 Å². The van der Waals surface area contributed by atoms with Gasteiger partial charge in [-0.05, 0) is 76.1 Å². The summed E-state index contributed by atoms with van der Waals surface area (Å²) in [5, 5.41) is 2.85. The normalized spacial score (nSPS) is 11.9. The first kappa shape index (κ1) is 30.7. The highest BCUT2D eigenvalue weighted by Crippen LogP contribution is 2.26. The van der Waals surface area contributed by atoms with Crippen molar-refractivity contribution in [1.29, 1.82) is 0 Å². The van der Waals surface area contributed by atoms with E-state index in [9.17, 15) is 18.0 Å². The monoisotopic (exact) mass is 565 g/mol. The quantitative estimate of drug-likeness (QED) is 0.320. The molecule has 0 saturated carbocycles. The van der Waals surface area contributed by atoms with Crippen LogP contribution in [0.15, 0.2) is 77.7 Å². The molecular formula is C31H39N3O5S. The van der Waals surface area contributed by atoms with E-state index in [2.05, 4.69) is 5.32 Å². The number of carbonyl (C=O) groups excluding carboxylic acids is 2. The lowest BCUT2D eigenvalue weighted by Gasteiger charge is -2.32. The van der Waals surface area contributed by atoms with Crippen LogP contribution in [-0.2, 0) is 26.2 Å². The zero-order chi connectivity index (χ0) is 29.3. The average Bonchev–Trinajstić information content (AvgIpc) is 2.94. The molecule has 214 valence electrons. The molecule has 0 aliphatic heterocycles. The molecule has 2 amide bonds. The number of ether oxygens (including phenoxy) is 1. The summed E-state index contributed by atoms with van der Waals surface area (Å²) in [6.07, 6.45) is 0.756. The molecule has 0 fully saturated rings. The summed E-state index contributed by atoms with van der Waals surface area (Å²) in [6, 6.07) is 19.9. The highest BCUT2D eigenvalue weighted by molar-refractivity contribution is 7.92. The Balaban J connectivity index is 2.01. The highest BCUT2D eigenvalue weighted by Gasteiger charge is 2.32. The number of carbonyl (C=O) groups is 2. The maximum atomic E-state index is 13.9. The summed E-state index contributed by atoms with van der Waals surface area (Å²) >= 11 is 0.